The second-order valence-corrected chi connectivity index (χ2v) is 9.33. The van der Waals surface area contributed by atoms with Crippen LogP contribution >= 0.6 is 11.6 Å². The average Bonchev–Trinajstić information content (AvgIpc) is 2.90. The molecule has 1 aromatic carbocycles. The van der Waals surface area contributed by atoms with Gasteiger partial charge in [0.25, 0.3) is 5.91 Å². The van der Waals surface area contributed by atoms with Crippen LogP contribution in [-0.4, -0.2) is 55.2 Å². The molecule has 4 rings (SSSR count). The summed E-state index contributed by atoms with van der Waals surface area (Å²) in [4.78, 5) is 29.9. The summed E-state index contributed by atoms with van der Waals surface area (Å²) in [5.41, 5.74) is 0.636. The standard InChI is InChI=1S/C21H29ClN4O2/c1-16-5-7-21(8-6-16)19(27)26(20(28)23-21)15-25-11-9-24(10-12-25)14-17-3-2-4-18(22)13-17/h2-4,13,16H,5-12,14-15H2,1H3,(H,23,28)/p+2. The van der Waals surface area contributed by atoms with Crippen LogP contribution in [0.2, 0.25) is 5.02 Å². The first-order valence-corrected chi connectivity index (χ1v) is 10.9. The van der Waals surface area contributed by atoms with Gasteiger partial charge in [-0.1, -0.05) is 30.7 Å². The van der Waals surface area contributed by atoms with E-state index in [4.69, 9.17) is 11.6 Å². The molecule has 1 aromatic rings. The maximum absolute atomic E-state index is 13.0. The molecule has 2 saturated heterocycles. The van der Waals surface area contributed by atoms with Crippen molar-refractivity contribution in [2.75, 3.05) is 32.8 Å². The average molecular weight is 407 g/mol. The van der Waals surface area contributed by atoms with Gasteiger partial charge >= 0.3 is 6.03 Å². The summed E-state index contributed by atoms with van der Waals surface area (Å²) < 4.78 is 0. The summed E-state index contributed by atoms with van der Waals surface area (Å²) in [6.45, 7) is 7.70. The highest BCUT2D eigenvalue weighted by molar-refractivity contribution is 6.30. The number of hydrogen-bond donors (Lipinski definition) is 3. The van der Waals surface area contributed by atoms with E-state index in [0.717, 1.165) is 63.4 Å². The third kappa shape index (κ3) is 4.04. The lowest BCUT2D eigenvalue weighted by Gasteiger charge is -2.34. The zero-order chi connectivity index (χ0) is 19.7. The highest BCUT2D eigenvalue weighted by atomic mass is 35.5. The van der Waals surface area contributed by atoms with Gasteiger partial charge in [-0.3, -0.25) is 4.79 Å². The van der Waals surface area contributed by atoms with E-state index in [1.165, 1.54) is 20.3 Å². The number of halogens is 1. The molecule has 7 heteroatoms. The molecule has 3 amide bonds. The van der Waals surface area contributed by atoms with Gasteiger partial charge in [0.15, 0.2) is 6.67 Å². The van der Waals surface area contributed by atoms with Crippen LogP contribution in [0.4, 0.5) is 4.79 Å². The minimum absolute atomic E-state index is 0.00519. The van der Waals surface area contributed by atoms with Gasteiger partial charge in [-0.15, -0.1) is 0 Å². The van der Waals surface area contributed by atoms with Crippen molar-refractivity contribution >= 4 is 23.5 Å². The van der Waals surface area contributed by atoms with Crippen molar-refractivity contribution in [2.45, 2.75) is 44.7 Å². The maximum atomic E-state index is 13.0. The van der Waals surface area contributed by atoms with Crippen LogP contribution in [0.1, 0.15) is 38.2 Å². The molecule has 0 bridgehead atoms. The Kier molecular flexibility index (Phi) is 5.63. The van der Waals surface area contributed by atoms with E-state index in [2.05, 4.69) is 18.3 Å². The molecular formula is C21H31ClN4O2+2. The predicted molar refractivity (Wildman–Crippen MR) is 107 cm³/mol. The molecule has 0 radical (unpaired) electrons. The molecular weight excluding hydrogens is 376 g/mol. The van der Waals surface area contributed by atoms with E-state index in [-0.39, 0.29) is 11.9 Å². The van der Waals surface area contributed by atoms with Crippen LogP contribution in [0.3, 0.4) is 0 Å². The van der Waals surface area contributed by atoms with Crippen molar-refractivity contribution in [3.8, 4) is 0 Å². The third-order valence-corrected chi connectivity index (χ3v) is 7.00. The number of rotatable bonds is 4. The molecule has 1 saturated carbocycles. The fourth-order valence-corrected chi connectivity index (χ4v) is 5.08. The summed E-state index contributed by atoms with van der Waals surface area (Å²) in [6.07, 6.45) is 3.58. The lowest BCUT2D eigenvalue weighted by molar-refractivity contribution is -1.02. The minimum atomic E-state index is -0.622. The van der Waals surface area contributed by atoms with Crippen LogP contribution in [0, 0.1) is 5.92 Å². The van der Waals surface area contributed by atoms with Gasteiger partial charge < -0.3 is 15.1 Å². The Morgan fingerprint density at radius 2 is 1.82 bits per heavy atom. The zero-order valence-corrected chi connectivity index (χ0v) is 17.4. The number of urea groups is 1. The molecule has 0 aromatic heterocycles. The monoisotopic (exact) mass is 406 g/mol. The number of nitrogens with zero attached hydrogens (tertiary/aromatic N) is 1. The Morgan fingerprint density at radius 1 is 1.14 bits per heavy atom. The summed E-state index contributed by atoms with van der Waals surface area (Å²) in [5.74, 6) is 0.649. The van der Waals surface area contributed by atoms with E-state index in [1.807, 2.05) is 18.2 Å². The summed E-state index contributed by atoms with van der Waals surface area (Å²) >= 11 is 6.09. The lowest BCUT2D eigenvalue weighted by atomic mass is 9.77. The Morgan fingerprint density at radius 3 is 2.50 bits per heavy atom. The molecule has 6 nitrogen and oxygen atoms in total. The van der Waals surface area contributed by atoms with E-state index < -0.39 is 5.54 Å². The van der Waals surface area contributed by atoms with Gasteiger partial charge in [-0.05, 0) is 43.7 Å². The summed E-state index contributed by atoms with van der Waals surface area (Å²) in [7, 11) is 0. The number of benzene rings is 1. The molecule has 28 heavy (non-hydrogen) atoms. The second-order valence-electron chi connectivity index (χ2n) is 8.89. The normalized spacial score (nSPS) is 33.4. The molecule has 3 N–H and O–H groups in total. The van der Waals surface area contributed by atoms with Crippen molar-refractivity contribution < 1.29 is 19.4 Å². The number of carbonyl (C=O) groups is 2. The van der Waals surface area contributed by atoms with Crippen molar-refractivity contribution in [1.29, 1.82) is 0 Å². The number of hydrogen-bond acceptors (Lipinski definition) is 2. The second kappa shape index (κ2) is 8.01. The van der Waals surface area contributed by atoms with E-state index in [1.54, 1.807) is 0 Å². The maximum Gasteiger partial charge on any atom is 0.329 e. The molecule has 2 heterocycles. The number of amides is 3. The van der Waals surface area contributed by atoms with Gasteiger partial charge in [0.2, 0.25) is 0 Å². The molecule has 152 valence electrons. The Labute approximate surface area is 171 Å². The van der Waals surface area contributed by atoms with E-state index in [0.29, 0.717) is 12.6 Å². The summed E-state index contributed by atoms with van der Waals surface area (Å²) in [5, 5.41) is 3.82. The van der Waals surface area contributed by atoms with Crippen molar-refractivity contribution in [3.05, 3.63) is 34.9 Å². The smallest absolute Gasteiger partial charge is 0.323 e. The molecule has 3 fully saturated rings. The topological polar surface area (TPSA) is 58.3 Å². The first-order valence-electron chi connectivity index (χ1n) is 10.5. The van der Waals surface area contributed by atoms with Crippen LogP contribution in [0.15, 0.2) is 24.3 Å². The van der Waals surface area contributed by atoms with Crippen LogP contribution < -0.4 is 15.1 Å². The highest BCUT2D eigenvalue weighted by Gasteiger charge is 2.53. The number of carbonyl (C=O) groups excluding carboxylic acids is 2. The van der Waals surface area contributed by atoms with Gasteiger partial charge in [-0.25, -0.2) is 9.69 Å². The van der Waals surface area contributed by atoms with Crippen LogP contribution in [0.5, 0.6) is 0 Å². The number of piperazine rings is 1. The van der Waals surface area contributed by atoms with Gasteiger partial charge in [-0.2, -0.15) is 0 Å². The van der Waals surface area contributed by atoms with Gasteiger partial charge in [0.05, 0.1) is 0 Å². The summed E-state index contributed by atoms with van der Waals surface area (Å²) in [6, 6.07) is 7.86. The van der Waals surface area contributed by atoms with Crippen molar-refractivity contribution in [3.63, 3.8) is 0 Å². The van der Waals surface area contributed by atoms with Gasteiger partial charge in [0, 0.05) is 10.6 Å². The molecule has 3 aliphatic rings. The Hall–Kier alpha value is -1.63. The third-order valence-electron chi connectivity index (χ3n) is 6.76. The van der Waals surface area contributed by atoms with Crippen molar-refractivity contribution in [2.24, 2.45) is 5.92 Å². The lowest BCUT2D eigenvalue weighted by Crippen LogP contribution is -3.28. The number of quaternary nitrogens is 2. The number of imide groups is 1. The Bertz CT molecular complexity index is 740. The number of nitrogens with one attached hydrogen (secondary N) is 3. The van der Waals surface area contributed by atoms with E-state index in [9.17, 15) is 9.59 Å². The molecule has 0 unspecified atom stereocenters. The largest absolute Gasteiger partial charge is 0.329 e. The van der Waals surface area contributed by atoms with Gasteiger partial charge in [0.1, 0.15) is 38.3 Å². The molecule has 1 aliphatic carbocycles. The zero-order valence-electron chi connectivity index (χ0n) is 16.6. The van der Waals surface area contributed by atoms with E-state index >= 15 is 0 Å². The fraction of sp³-hybridized carbons (Fsp3) is 0.619. The Balaban J connectivity index is 1.30. The predicted octanol–water partition coefficient (Wildman–Crippen LogP) is 0.0816. The van der Waals surface area contributed by atoms with Crippen LogP contribution in [-0.2, 0) is 11.3 Å². The SMILES string of the molecule is CC1CCC2(CC1)NC(=O)N(C[NH+]1CC[NH+](Cc3cccc(Cl)c3)CC1)C2=O. The first kappa shape index (κ1) is 19.7. The molecule has 0 atom stereocenters. The first-order chi connectivity index (χ1) is 13.4. The highest BCUT2D eigenvalue weighted by Crippen LogP contribution is 2.35. The van der Waals surface area contributed by atoms with Crippen molar-refractivity contribution in [1.82, 2.24) is 10.2 Å². The van der Waals surface area contributed by atoms with Crippen LogP contribution in [0.25, 0.3) is 0 Å². The quantitative estimate of drug-likeness (QED) is 0.620. The fourth-order valence-electron chi connectivity index (χ4n) is 4.86. The molecule has 2 aliphatic heterocycles. The minimum Gasteiger partial charge on any atom is -0.323 e. The molecule has 1 spiro atoms.